The van der Waals surface area contributed by atoms with Gasteiger partial charge in [0, 0.05) is 18.0 Å². The number of carbonyl (C=O) groups excluding carboxylic acids is 3. The summed E-state index contributed by atoms with van der Waals surface area (Å²) >= 11 is 1.31. The molecule has 1 aliphatic heterocycles. The average Bonchev–Trinajstić information content (AvgIpc) is 2.92. The van der Waals surface area contributed by atoms with E-state index in [9.17, 15) is 14.4 Å². The number of hydrogen-bond acceptors (Lipinski definition) is 4. The van der Waals surface area contributed by atoms with Crippen LogP contribution in [0.3, 0.4) is 0 Å². The zero-order chi connectivity index (χ0) is 19.2. The van der Waals surface area contributed by atoms with E-state index < -0.39 is 5.41 Å². The molecule has 0 saturated carbocycles. The standard InChI is InChI=1S/C20H26N2O3S/c1-20(2,3)16(23)12-19-22(18(25)14-26-19)13-17(24)21-11-7-10-15-8-5-4-6-9-15/h4-6,8-9,12H,7,10-11,13-14H2,1-3H3,(H,21,24)/b19-12-. The first-order valence-corrected chi connectivity index (χ1v) is 9.76. The summed E-state index contributed by atoms with van der Waals surface area (Å²) in [5, 5.41) is 3.41. The molecule has 1 aromatic rings. The zero-order valence-corrected chi connectivity index (χ0v) is 16.4. The Morgan fingerprint density at radius 3 is 2.58 bits per heavy atom. The fourth-order valence-corrected chi connectivity index (χ4v) is 3.33. The van der Waals surface area contributed by atoms with Gasteiger partial charge in [0.15, 0.2) is 5.78 Å². The number of hydrogen-bond donors (Lipinski definition) is 1. The number of rotatable bonds is 7. The lowest BCUT2D eigenvalue weighted by atomic mass is 9.91. The summed E-state index contributed by atoms with van der Waals surface area (Å²) in [7, 11) is 0. The van der Waals surface area contributed by atoms with Gasteiger partial charge >= 0.3 is 0 Å². The Balaban J connectivity index is 1.83. The molecule has 1 fully saturated rings. The molecule has 2 rings (SSSR count). The SMILES string of the molecule is CC(C)(C)C(=O)/C=C1\SCC(=O)N1CC(=O)NCCCc1ccccc1. The number of nitrogens with zero attached hydrogens (tertiary/aromatic N) is 1. The van der Waals surface area contributed by atoms with E-state index in [1.54, 1.807) is 0 Å². The minimum absolute atomic E-state index is 0.0412. The Kier molecular flexibility index (Phi) is 7.03. The fraction of sp³-hybridized carbons (Fsp3) is 0.450. The van der Waals surface area contributed by atoms with Gasteiger partial charge < -0.3 is 5.32 Å². The van der Waals surface area contributed by atoms with Crippen LogP contribution >= 0.6 is 11.8 Å². The molecule has 2 amide bonds. The first kappa shape index (κ1) is 20.2. The van der Waals surface area contributed by atoms with Gasteiger partial charge in [-0.05, 0) is 18.4 Å². The molecule has 0 spiro atoms. The normalized spacial score (nSPS) is 16.2. The van der Waals surface area contributed by atoms with Gasteiger partial charge in [0.2, 0.25) is 11.8 Å². The van der Waals surface area contributed by atoms with Gasteiger partial charge in [0.05, 0.1) is 10.8 Å². The Morgan fingerprint density at radius 2 is 1.92 bits per heavy atom. The lowest BCUT2D eigenvalue weighted by molar-refractivity contribution is -0.131. The second-order valence-corrected chi connectivity index (χ2v) is 8.30. The smallest absolute Gasteiger partial charge is 0.240 e. The highest BCUT2D eigenvalue weighted by Crippen LogP contribution is 2.30. The summed E-state index contributed by atoms with van der Waals surface area (Å²) in [6.45, 7) is 6.01. The van der Waals surface area contributed by atoms with Crippen LogP contribution in [0.1, 0.15) is 32.8 Å². The molecule has 6 heteroatoms. The van der Waals surface area contributed by atoms with Crippen molar-refractivity contribution in [3.63, 3.8) is 0 Å². The molecule has 26 heavy (non-hydrogen) atoms. The Bertz CT molecular complexity index is 693. The summed E-state index contributed by atoms with van der Waals surface area (Å²) in [6, 6.07) is 10.1. The predicted molar refractivity (Wildman–Crippen MR) is 104 cm³/mol. The van der Waals surface area contributed by atoms with Crippen molar-refractivity contribution in [2.75, 3.05) is 18.8 Å². The number of thioether (sulfide) groups is 1. The van der Waals surface area contributed by atoms with Crippen molar-refractivity contribution < 1.29 is 14.4 Å². The average molecular weight is 375 g/mol. The van der Waals surface area contributed by atoms with Crippen LogP contribution in [-0.4, -0.2) is 41.3 Å². The highest BCUT2D eigenvalue weighted by atomic mass is 32.2. The van der Waals surface area contributed by atoms with Gasteiger partial charge in [-0.15, -0.1) is 0 Å². The highest BCUT2D eigenvalue weighted by molar-refractivity contribution is 8.04. The molecule has 0 aromatic heterocycles. The minimum atomic E-state index is -0.509. The Hall–Kier alpha value is -2.08. The van der Waals surface area contributed by atoms with Gasteiger partial charge in [-0.3, -0.25) is 19.3 Å². The molecule has 0 radical (unpaired) electrons. The van der Waals surface area contributed by atoms with Gasteiger partial charge in [0.1, 0.15) is 6.54 Å². The zero-order valence-electron chi connectivity index (χ0n) is 15.6. The molecule has 0 atom stereocenters. The monoisotopic (exact) mass is 374 g/mol. The highest BCUT2D eigenvalue weighted by Gasteiger charge is 2.30. The van der Waals surface area contributed by atoms with E-state index in [0.717, 1.165) is 12.8 Å². The van der Waals surface area contributed by atoms with E-state index in [0.29, 0.717) is 11.6 Å². The van der Waals surface area contributed by atoms with Gasteiger partial charge in [-0.1, -0.05) is 62.9 Å². The number of nitrogens with one attached hydrogen (secondary N) is 1. The summed E-state index contributed by atoms with van der Waals surface area (Å²) in [5.74, 6) is -0.127. The quantitative estimate of drug-likeness (QED) is 0.589. The Morgan fingerprint density at radius 1 is 1.23 bits per heavy atom. The number of amides is 2. The van der Waals surface area contributed by atoms with E-state index in [1.807, 2.05) is 39.0 Å². The molecule has 5 nitrogen and oxygen atoms in total. The van der Waals surface area contributed by atoms with Crippen LogP contribution < -0.4 is 5.32 Å². The molecule has 1 aromatic carbocycles. The van der Waals surface area contributed by atoms with Crippen LogP contribution in [0.2, 0.25) is 0 Å². The minimum Gasteiger partial charge on any atom is -0.355 e. The van der Waals surface area contributed by atoms with Crippen molar-refractivity contribution in [2.45, 2.75) is 33.6 Å². The van der Waals surface area contributed by atoms with Crippen LogP contribution in [0, 0.1) is 5.41 Å². The predicted octanol–water partition coefficient (Wildman–Crippen LogP) is 2.77. The topological polar surface area (TPSA) is 66.5 Å². The first-order valence-electron chi connectivity index (χ1n) is 8.77. The van der Waals surface area contributed by atoms with Crippen LogP contribution in [-0.2, 0) is 20.8 Å². The van der Waals surface area contributed by atoms with Crippen molar-refractivity contribution >= 4 is 29.4 Å². The molecule has 1 aliphatic rings. The molecule has 0 aliphatic carbocycles. The third-order valence-corrected chi connectivity index (χ3v) is 5.04. The maximum Gasteiger partial charge on any atom is 0.240 e. The van der Waals surface area contributed by atoms with E-state index in [-0.39, 0.29) is 29.9 Å². The number of allylic oxidation sites excluding steroid dienone is 1. The van der Waals surface area contributed by atoms with Crippen molar-refractivity contribution in [3.05, 3.63) is 47.0 Å². The van der Waals surface area contributed by atoms with Crippen molar-refractivity contribution in [1.82, 2.24) is 10.2 Å². The number of carbonyl (C=O) groups is 3. The van der Waals surface area contributed by atoms with Crippen molar-refractivity contribution in [2.24, 2.45) is 5.41 Å². The molecule has 1 N–H and O–H groups in total. The molecular weight excluding hydrogens is 348 g/mol. The van der Waals surface area contributed by atoms with E-state index >= 15 is 0 Å². The first-order chi connectivity index (χ1) is 12.3. The summed E-state index contributed by atoms with van der Waals surface area (Å²) < 4.78 is 0. The third-order valence-electron chi connectivity index (χ3n) is 4.01. The molecule has 1 saturated heterocycles. The lowest BCUT2D eigenvalue weighted by Crippen LogP contribution is -2.38. The van der Waals surface area contributed by atoms with Crippen LogP contribution in [0.4, 0.5) is 0 Å². The second-order valence-electron chi connectivity index (χ2n) is 7.30. The number of ketones is 1. The lowest BCUT2D eigenvalue weighted by Gasteiger charge is -2.19. The van der Waals surface area contributed by atoms with Gasteiger partial charge in [-0.2, -0.15) is 0 Å². The molecule has 0 unspecified atom stereocenters. The molecular formula is C20H26N2O3S. The van der Waals surface area contributed by atoms with E-state index in [2.05, 4.69) is 17.4 Å². The van der Waals surface area contributed by atoms with E-state index in [1.165, 1.54) is 28.3 Å². The third kappa shape index (κ3) is 6.02. The largest absolute Gasteiger partial charge is 0.355 e. The fourth-order valence-electron chi connectivity index (χ4n) is 2.39. The summed E-state index contributed by atoms with van der Waals surface area (Å²) in [6.07, 6.45) is 3.22. The van der Waals surface area contributed by atoms with Crippen LogP contribution in [0.25, 0.3) is 0 Å². The van der Waals surface area contributed by atoms with Crippen LogP contribution in [0.5, 0.6) is 0 Å². The summed E-state index contributed by atoms with van der Waals surface area (Å²) in [5.41, 5.74) is 0.726. The molecule has 140 valence electrons. The van der Waals surface area contributed by atoms with Crippen molar-refractivity contribution in [1.29, 1.82) is 0 Å². The molecule has 0 bridgehead atoms. The van der Waals surface area contributed by atoms with Crippen LogP contribution in [0.15, 0.2) is 41.4 Å². The van der Waals surface area contributed by atoms with Gasteiger partial charge in [0.25, 0.3) is 0 Å². The maximum atomic E-state index is 12.2. The van der Waals surface area contributed by atoms with E-state index in [4.69, 9.17) is 0 Å². The van der Waals surface area contributed by atoms with Gasteiger partial charge in [-0.25, -0.2) is 0 Å². The molecule has 1 heterocycles. The summed E-state index contributed by atoms with van der Waals surface area (Å²) in [4.78, 5) is 37.8. The van der Waals surface area contributed by atoms with Crippen molar-refractivity contribution in [3.8, 4) is 0 Å². The number of benzene rings is 1. The maximum absolute atomic E-state index is 12.2. The second kappa shape index (κ2) is 9.03. The Labute approximate surface area is 159 Å². The number of aryl methyl sites for hydroxylation is 1.